The molecule has 2 aromatic carbocycles. The summed E-state index contributed by atoms with van der Waals surface area (Å²) >= 11 is 0. The fraction of sp³-hybridized carbons (Fsp3) is 0.407. The van der Waals surface area contributed by atoms with E-state index in [1.165, 1.54) is 0 Å². The smallest absolute Gasteiger partial charge is 0.317 e. The standard InChI is InChI=1S/C27H34N4O3/c1-3-17-28-27(32)30(19-23-16-11-18-33-23)20-24-25(4-2)29-31(21-12-7-5-8-13-21)26(24)34-22-14-9-6-10-15-22/h5-10,12-15,23H,3-4,11,16-20H2,1-2H3,(H,28,32)/t23-/m0/s1. The molecule has 0 unspecified atom stereocenters. The van der Waals surface area contributed by atoms with Gasteiger partial charge in [-0.1, -0.05) is 50.2 Å². The summed E-state index contributed by atoms with van der Waals surface area (Å²) in [5, 5.41) is 7.94. The quantitative estimate of drug-likeness (QED) is 0.442. The lowest BCUT2D eigenvalue weighted by Crippen LogP contribution is -2.43. The molecule has 0 aliphatic carbocycles. The Balaban J connectivity index is 1.72. The number of ether oxygens (including phenoxy) is 2. The summed E-state index contributed by atoms with van der Waals surface area (Å²) in [7, 11) is 0. The predicted octanol–water partition coefficient (Wildman–Crippen LogP) is 5.33. The Morgan fingerprint density at radius 3 is 2.53 bits per heavy atom. The first kappa shape index (κ1) is 23.8. The molecule has 0 bridgehead atoms. The van der Waals surface area contributed by atoms with Crippen LogP contribution in [0.25, 0.3) is 5.69 Å². The van der Waals surface area contributed by atoms with Gasteiger partial charge in [0, 0.05) is 19.7 Å². The molecule has 0 radical (unpaired) electrons. The molecule has 4 rings (SSSR count). The first-order chi connectivity index (χ1) is 16.7. The number of para-hydroxylation sites is 2. The minimum Gasteiger partial charge on any atom is -0.439 e. The Labute approximate surface area is 201 Å². The minimum absolute atomic E-state index is 0.0557. The number of benzene rings is 2. The van der Waals surface area contributed by atoms with Gasteiger partial charge in [-0.05, 0) is 49.9 Å². The molecule has 2 heterocycles. The first-order valence-corrected chi connectivity index (χ1v) is 12.2. The lowest BCUT2D eigenvalue weighted by molar-refractivity contribution is 0.0793. The summed E-state index contributed by atoms with van der Waals surface area (Å²) in [5.74, 6) is 1.36. The number of aromatic nitrogens is 2. The molecule has 7 heteroatoms. The average Bonchev–Trinajstić information content (AvgIpc) is 3.51. The molecule has 0 spiro atoms. The number of amides is 2. The SMILES string of the molecule is CCCNC(=O)N(Cc1c(CC)nn(-c2ccccc2)c1Oc1ccccc1)C[C@@H]1CCCO1. The van der Waals surface area contributed by atoms with Crippen molar-refractivity contribution in [3.63, 3.8) is 0 Å². The molecule has 34 heavy (non-hydrogen) atoms. The zero-order valence-corrected chi connectivity index (χ0v) is 20.1. The van der Waals surface area contributed by atoms with Crippen molar-refractivity contribution in [1.82, 2.24) is 20.0 Å². The zero-order valence-electron chi connectivity index (χ0n) is 20.1. The van der Waals surface area contributed by atoms with Crippen molar-refractivity contribution in [2.24, 2.45) is 0 Å². The number of aryl methyl sites for hydroxylation is 1. The Morgan fingerprint density at radius 2 is 1.88 bits per heavy atom. The van der Waals surface area contributed by atoms with Gasteiger partial charge in [0.25, 0.3) is 0 Å². The van der Waals surface area contributed by atoms with Crippen LogP contribution in [0.1, 0.15) is 44.4 Å². The van der Waals surface area contributed by atoms with Crippen LogP contribution >= 0.6 is 0 Å². The van der Waals surface area contributed by atoms with Crippen LogP contribution in [0.5, 0.6) is 11.6 Å². The highest BCUT2D eigenvalue weighted by Gasteiger charge is 2.27. The van der Waals surface area contributed by atoms with Crippen molar-refractivity contribution in [2.45, 2.75) is 52.2 Å². The number of carbonyl (C=O) groups excluding carboxylic acids is 1. The molecule has 2 amide bonds. The van der Waals surface area contributed by atoms with E-state index >= 15 is 0 Å². The van der Waals surface area contributed by atoms with E-state index in [1.807, 2.05) is 70.2 Å². The van der Waals surface area contributed by atoms with E-state index in [0.717, 1.165) is 55.0 Å². The highest BCUT2D eigenvalue weighted by atomic mass is 16.5. The number of rotatable bonds is 10. The topological polar surface area (TPSA) is 68.6 Å². The summed E-state index contributed by atoms with van der Waals surface area (Å²) in [5.41, 5.74) is 2.74. The van der Waals surface area contributed by atoms with Gasteiger partial charge >= 0.3 is 6.03 Å². The van der Waals surface area contributed by atoms with Gasteiger partial charge in [0.2, 0.25) is 5.88 Å². The van der Waals surface area contributed by atoms with Crippen LogP contribution in [0.2, 0.25) is 0 Å². The highest BCUT2D eigenvalue weighted by molar-refractivity contribution is 5.74. The minimum atomic E-state index is -0.0856. The number of hydrogen-bond acceptors (Lipinski definition) is 4. The Bertz CT molecular complexity index is 1050. The molecule has 3 aromatic rings. The Morgan fingerprint density at radius 1 is 1.15 bits per heavy atom. The van der Waals surface area contributed by atoms with Crippen LogP contribution in [0.4, 0.5) is 4.79 Å². The molecule has 1 aliphatic heterocycles. The average molecular weight is 463 g/mol. The summed E-state index contributed by atoms with van der Waals surface area (Å²) in [6, 6.07) is 19.6. The third kappa shape index (κ3) is 5.78. The number of carbonyl (C=O) groups is 1. The summed E-state index contributed by atoms with van der Waals surface area (Å²) in [4.78, 5) is 15.0. The molecular formula is C27H34N4O3. The van der Waals surface area contributed by atoms with E-state index in [9.17, 15) is 4.79 Å². The van der Waals surface area contributed by atoms with Crippen LogP contribution in [0.3, 0.4) is 0 Å². The highest BCUT2D eigenvalue weighted by Crippen LogP contribution is 2.32. The van der Waals surface area contributed by atoms with Gasteiger partial charge in [-0.25, -0.2) is 9.48 Å². The summed E-state index contributed by atoms with van der Waals surface area (Å²) in [6.45, 7) is 6.46. The van der Waals surface area contributed by atoms with Crippen molar-refractivity contribution in [3.8, 4) is 17.3 Å². The number of hydrogen-bond donors (Lipinski definition) is 1. The fourth-order valence-electron chi connectivity index (χ4n) is 4.16. The third-order valence-corrected chi connectivity index (χ3v) is 5.92. The molecule has 0 saturated carbocycles. The molecule has 1 aromatic heterocycles. The first-order valence-electron chi connectivity index (χ1n) is 12.2. The fourth-order valence-corrected chi connectivity index (χ4v) is 4.16. The van der Waals surface area contributed by atoms with Crippen LogP contribution in [-0.2, 0) is 17.7 Å². The van der Waals surface area contributed by atoms with Crippen LogP contribution < -0.4 is 10.1 Å². The van der Waals surface area contributed by atoms with Crippen molar-refractivity contribution in [2.75, 3.05) is 19.7 Å². The molecule has 1 aliphatic rings. The molecule has 180 valence electrons. The predicted molar refractivity (Wildman–Crippen MR) is 133 cm³/mol. The summed E-state index contributed by atoms with van der Waals surface area (Å²) < 4.78 is 14.1. The lowest BCUT2D eigenvalue weighted by atomic mass is 10.1. The van der Waals surface area contributed by atoms with Crippen molar-refractivity contribution in [1.29, 1.82) is 0 Å². The number of nitrogens with zero attached hydrogens (tertiary/aromatic N) is 3. The number of nitrogens with one attached hydrogen (secondary N) is 1. The maximum Gasteiger partial charge on any atom is 0.317 e. The summed E-state index contributed by atoms with van der Waals surface area (Å²) in [6.07, 6.45) is 3.66. The van der Waals surface area contributed by atoms with Gasteiger partial charge < -0.3 is 19.7 Å². The van der Waals surface area contributed by atoms with Crippen molar-refractivity contribution in [3.05, 3.63) is 71.9 Å². The Kier molecular flexibility index (Phi) is 8.20. The normalized spacial score (nSPS) is 15.3. The molecule has 1 atom stereocenters. The second-order valence-corrected chi connectivity index (χ2v) is 8.49. The molecule has 7 nitrogen and oxygen atoms in total. The Hall–Kier alpha value is -3.32. The van der Waals surface area contributed by atoms with Crippen LogP contribution in [0.15, 0.2) is 60.7 Å². The van der Waals surface area contributed by atoms with Gasteiger partial charge in [-0.3, -0.25) is 0 Å². The third-order valence-electron chi connectivity index (χ3n) is 5.92. The van der Waals surface area contributed by atoms with E-state index in [4.69, 9.17) is 14.6 Å². The molecular weight excluding hydrogens is 428 g/mol. The number of urea groups is 1. The monoisotopic (exact) mass is 462 g/mol. The van der Waals surface area contributed by atoms with E-state index in [0.29, 0.717) is 25.5 Å². The maximum absolute atomic E-state index is 13.1. The molecule has 1 N–H and O–H groups in total. The van der Waals surface area contributed by atoms with E-state index in [1.54, 1.807) is 0 Å². The lowest BCUT2D eigenvalue weighted by Gasteiger charge is -2.26. The van der Waals surface area contributed by atoms with Crippen molar-refractivity contribution < 1.29 is 14.3 Å². The van der Waals surface area contributed by atoms with Crippen molar-refractivity contribution >= 4 is 6.03 Å². The van der Waals surface area contributed by atoms with Gasteiger partial charge in [-0.2, -0.15) is 5.10 Å². The van der Waals surface area contributed by atoms with E-state index < -0.39 is 0 Å². The molecule has 1 saturated heterocycles. The zero-order chi connectivity index (χ0) is 23.8. The van der Waals surface area contributed by atoms with Gasteiger partial charge in [-0.15, -0.1) is 0 Å². The maximum atomic E-state index is 13.1. The van der Waals surface area contributed by atoms with E-state index in [-0.39, 0.29) is 12.1 Å². The van der Waals surface area contributed by atoms with E-state index in [2.05, 4.69) is 19.2 Å². The largest absolute Gasteiger partial charge is 0.439 e. The van der Waals surface area contributed by atoms with Crippen LogP contribution in [-0.4, -0.2) is 46.5 Å². The van der Waals surface area contributed by atoms with Gasteiger partial charge in [0.15, 0.2) is 0 Å². The second-order valence-electron chi connectivity index (χ2n) is 8.49. The van der Waals surface area contributed by atoms with Gasteiger partial charge in [0.05, 0.1) is 29.6 Å². The van der Waals surface area contributed by atoms with Crippen LogP contribution in [0, 0.1) is 0 Å². The molecule has 1 fully saturated rings. The van der Waals surface area contributed by atoms with Gasteiger partial charge in [0.1, 0.15) is 5.75 Å². The second kappa shape index (κ2) is 11.7.